The molecule has 0 saturated carbocycles. The summed E-state index contributed by atoms with van der Waals surface area (Å²) in [5.41, 5.74) is 2.92. The van der Waals surface area contributed by atoms with E-state index in [9.17, 15) is 0 Å². The second kappa shape index (κ2) is 8.87. The van der Waals surface area contributed by atoms with E-state index in [1.54, 1.807) is 0 Å². The molecule has 7 rings (SSSR count). The summed E-state index contributed by atoms with van der Waals surface area (Å²) in [7, 11) is 0. The number of aryl methyl sites for hydroxylation is 2. The number of thiophene rings is 2. The quantitative estimate of drug-likeness (QED) is 0.212. The van der Waals surface area contributed by atoms with Crippen LogP contribution in [-0.4, -0.2) is 0 Å². The molecule has 0 saturated heterocycles. The Labute approximate surface area is 220 Å². The van der Waals surface area contributed by atoms with E-state index in [-0.39, 0.29) is 0 Å². The van der Waals surface area contributed by atoms with Gasteiger partial charge < -0.3 is 0 Å². The summed E-state index contributed by atoms with van der Waals surface area (Å²) in [4.78, 5) is 0. The molecule has 0 aliphatic rings. The van der Waals surface area contributed by atoms with Gasteiger partial charge in [-0.3, -0.25) is 0 Å². The van der Waals surface area contributed by atoms with Crippen molar-refractivity contribution in [3.63, 3.8) is 0 Å². The van der Waals surface area contributed by atoms with E-state index >= 15 is 0 Å². The molecule has 0 spiro atoms. The normalized spacial score (nSPS) is 12.3. The maximum absolute atomic E-state index is 2.46. The predicted octanol–water partition coefficient (Wildman–Crippen LogP) is 11.4. The Morgan fingerprint density at radius 3 is 1.31 bits per heavy atom. The van der Waals surface area contributed by atoms with Crippen LogP contribution in [0.1, 0.15) is 50.7 Å². The molecule has 0 aliphatic heterocycles. The van der Waals surface area contributed by atoms with Gasteiger partial charge in [0.2, 0.25) is 0 Å². The molecule has 0 nitrogen and oxygen atoms in total. The van der Waals surface area contributed by atoms with Gasteiger partial charge in [-0.15, -0.1) is 22.7 Å². The van der Waals surface area contributed by atoms with Crippen molar-refractivity contribution in [3.05, 3.63) is 83.9 Å². The molecule has 0 bridgehead atoms. The molecule has 0 radical (unpaired) electrons. The molecule has 0 amide bonds. The molecular weight excluding hydrogens is 473 g/mol. The van der Waals surface area contributed by atoms with Crippen LogP contribution < -0.4 is 0 Å². The lowest BCUT2D eigenvalue weighted by Gasteiger charge is -2.04. The lowest BCUT2D eigenvalue weighted by molar-refractivity contribution is 0.796. The van der Waals surface area contributed by atoms with Crippen molar-refractivity contribution in [2.45, 2.75) is 52.4 Å². The molecule has 0 atom stereocenters. The zero-order chi connectivity index (χ0) is 24.2. The molecule has 5 aromatic carbocycles. The molecule has 0 unspecified atom stereocenters. The van der Waals surface area contributed by atoms with Crippen LogP contribution in [0.15, 0.2) is 72.8 Å². The zero-order valence-electron chi connectivity index (χ0n) is 21.0. The number of hydrogen-bond acceptors (Lipinski definition) is 2. The van der Waals surface area contributed by atoms with Crippen molar-refractivity contribution < 1.29 is 0 Å². The van der Waals surface area contributed by atoms with Gasteiger partial charge in [0.15, 0.2) is 0 Å². The number of fused-ring (bicyclic) bond motifs is 8. The van der Waals surface area contributed by atoms with Gasteiger partial charge in [0.1, 0.15) is 0 Å². The average Bonchev–Trinajstić information content (AvgIpc) is 3.42. The second-order valence-corrected chi connectivity index (χ2v) is 12.5. The molecule has 178 valence electrons. The first kappa shape index (κ1) is 22.3. The zero-order valence-corrected chi connectivity index (χ0v) is 22.6. The lowest BCUT2D eigenvalue weighted by Crippen LogP contribution is -1.84. The molecule has 36 heavy (non-hydrogen) atoms. The summed E-state index contributed by atoms with van der Waals surface area (Å²) in [6.07, 6.45) is 7.35. The Hall–Kier alpha value is -2.94. The van der Waals surface area contributed by atoms with Gasteiger partial charge in [0.25, 0.3) is 0 Å². The molecule has 2 heterocycles. The summed E-state index contributed by atoms with van der Waals surface area (Å²) in [5, 5.41) is 11.1. The Kier molecular flexibility index (Phi) is 5.49. The lowest BCUT2D eigenvalue weighted by atomic mass is 10.00. The van der Waals surface area contributed by atoms with Crippen molar-refractivity contribution in [2.75, 3.05) is 0 Å². The highest BCUT2D eigenvalue weighted by atomic mass is 32.1. The van der Waals surface area contributed by atoms with Gasteiger partial charge in [-0.1, -0.05) is 63.1 Å². The van der Waals surface area contributed by atoms with Crippen LogP contribution >= 0.6 is 22.7 Å². The average molecular weight is 503 g/mol. The van der Waals surface area contributed by atoms with Gasteiger partial charge in [-0.05, 0) is 94.8 Å². The number of benzene rings is 5. The van der Waals surface area contributed by atoms with Gasteiger partial charge in [0.05, 0.1) is 0 Å². The molecule has 2 heteroatoms. The first-order valence-electron chi connectivity index (χ1n) is 13.4. The number of unbranched alkanes of at least 4 members (excludes halogenated alkanes) is 2. The van der Waals surface area contributed by atoms with E-state index < -0.39 is 0 Å². The van der Waals surface area contributed by atoms with Gasteiger partial charge in [-0.25, -0.2) is 0 Å². The highest BCUT2D eigenvalue weighted by molar-refractivity contribution is 7.27. The Balaban J connectivity index is 1.40. The first-order valence-corrected chi connectivity index (χ1v) is 15.0. The van der Waals surface area contributed by atoms with Crippen molar-refractivity contribution in [1.29, 1.82) is 0 Å². The van der Waals surface area contributed by atoms with Crippen LogP contribution in [0, 0.1) is 0 Å². The molecule has 7 aromatic rings. The molecule has 2 aromatic heterocycles. The highest BCUT2D eigenvalue weighted by Crippen LogP contribution is 2.43. The Morgan fingerprint density at radius 1 is 0.444 bits per heavy atom. The predicted molar refractivity (Wildman–Crippen MR) is 164 cm³/mol. The molecular formula is C34H30S2. The third-order valence-corrected chi connectivity index (χ3v) is 9.98. The van der Waals surface area contributed by atoms with Crippen molar-refractivity contribution in [2.24, 2.45) is 0 Å². The minimum absolute atomic E-state index is 1.17. The largest absolute Gasteiger partial charge is 0.135 e. The Bertz CT molecular complexity index is 1770. The summed E-state index contributed by atoms with van der Waals surface area (Å²) in [5.74, 6) is 0. The summed E-state index contributed by atoms with van der Waals surface area (Å²) in [6, 6.07) is 28.7. The third-order valence-electron chi connectivity index (χ3n) is 7.75. The van der Waals surface area contributed by atoms with Crippen LogP contribution in [0.2, 0.25) is 0 Å². The van der Waals surface area contributed by atoms with Gasteiger partial charge in [-0.2, -0.15) is 0 Å². The minimum atomic E-state index is 1.17. The van der Waals surface area contributed by atoms with Crippen molar-refractivity contribution in [3.8, 4) is 0 Å². The maximum atomic E-state index is 2.46. The summed E-state index contributed by atoms with van der Waals surface area (Å²) in [6.45, 7) is 4.54. The van der Waals surface area contributed by atoms with E-state index in [0.717, 1.165) is 0 Å². The van der Waals surface area contributed by atoms with E-state index in [0.29, 0.717) is 0 Å². The smallest absolute Gasteiger partial charge is 0.0362 e. The van der Waals surface area contributed by atoms with E-state index in [1.807, 2.05) is 22.7 Å². The van der Waals surface area contributed by atoms with E-state index in [2.05, 4.69) is 86.6 Å². The van der Waals surface area contributed by atoms with Crippen LogP contribution in [-0.2, 0) is 12.8 Å². The fourth-order valence-electron chi connectivity index (χ4n) is 5.70. The monoisotopic (exact) mass is 502 g/mol. The van der Waals surface area contributed by atoms with Crippen LogP contribution in [0.4, 0.5) is 0 Å². The van der Waals surface area contributed by atoms with Crippen LogP contribution in [0.3, 0.4) is 0 Å². The van der Waals surface area contributed by atoms with Crippen LogP contribution in [0.5, 0.6) is 0 Å². The number of rotatable bonds is 6. The molecule has 0 N–H and O–H groups in total. The minimum Gasteiger partial charge on any atom is -0.135 e. The fraction of sp³-hybridized carbons (Fsp3) is 0.235. The van der Waals surface area contributed by atoms with Gasteiger partial charge in [0, 0.05) is 40.3 Å². The standard InChI is InChI=1S/C34H30S2/c1-3-5-7-21-9-11-23-17-31-27(15-25(23)13-21)29-19-34-30(20-33(29)35-31)28-16-26-14-22(8-6-4-2)10-12-24(26)18-32(28)36-34/h9-20H,3-8H2,1-2H3. The van der Waals surface area contributed by atoms with Crippen molar-refractivity contribution >= 4 is 84.6 Å². The summed E-state index contributed by atoms with van der Waals surface area (Å²) < 4.78 is 5.59. The fourth-order valence-corrected chi connectivity index (χ4v) is 8.02. The first-order chi connectivity index (χ1) is 17.7. The van der Waals surface area contributed by atoms with Gasteiger partial charge >= 0.3 is 0 Å². The third kappa shape index (κ3) is 3.70. The maximum Gasteiger partial charge on any atom is 0.0362 e. The highest BCUT2D eigenvalue weighted by Gasteiger charge is 2.13. The molecule has 0 aliphatic carbocycles. The van der Waals surface area contributed by atoms with E-state index in [1.165, 1.54) is 112 Å². The van der Waals surface area contributed by atoms with E-state index in [4.69, 9.17) is 0 Å². The topological polar surface area (TPSA) is 0 Å². The van der Waals surface area contributed by atoms with Crippen molar-refractivity contribution in [1.82, 2.24) is 0 Å². The Morgan fingerprint density at radius 2 is 0.861 bits per heavy atom. The summed E-state index contributed by atoms with van der Waals surface area (Å²) >= 11 is 3.88. The second-order valence-electron chi connectivity index (χ2n) is 10.3. The molecule has 0 fully saturated rings. The number of hydrogen-bond donors (Lipinski definition) is 0. The SMILES string of the molecule is CCCCc1ccc2cc3sc4cc5c(cc4c3cc2c1)sc1cc2ccc(CCCC)cc2cc15. The van der Waals surface area contributed by atoms with Crippen LogP contribution in [0.25, 0.3) is 61.9 Å².